The fourth-order valence-electron chi connectivity index (χ4n) is 1.50. The number of hydrogen-bond acceptors (Lipinski definition) is 2. The lowest BCUT2D eigenvalue weighted by atomic mass is 10.1. The highest BCUT2D eigenvalue weighted by Crippen LogP contribution is 2.32. The molecule has 2 rings (SSSR count). The van der Waals surface area contributed by atoms with Gasteiger partial charge in [-0.05, 0) is 69.2 Å². The van der Waals surface area contributed by atoms with Gasteiger partial charge in [0.15, 0.2) is 0 Å². The summed E-state index contributed by atoms with van der Waals surface area (Å²) >= 11 is 7.58. The second kappa shape index (κ2) is 5.16. The van der Waals surface area contributed by atoms with Gasteiger partial charge in [-0.25, -0.2) is 0 Å². The summed E-state index contributed by atoms with van der Waals surface area (Å²) in [5, 5.41) is 0. The quantitative estimate of drug-likeness (QED) is 0.730. The molecule has 16 heavy (non-hydrogen) atoms. The standard InChI is InChI=1S/C12H11BrINS/c1-7-10(13)6-11(16-7)12(15)8-3-2-4-9(14)5-8/h2-6,12H,15H2,1H3. The largest absolute Gasteiger partial charge is 0.320 e. The average Bonchev–Trinajstić information content (AvgIpc) is 2.58. The van der Waals surface area contributed by atoms with Gasteiger partial charge < -0.3 is 5.73 Å². The van der Waals surface area contributed by atoms with Crippen molar-refractivity contribution in [2.45, 2.75) is 13.0 Å². The number of halogens is 2. The van der Waals surface area contributed by atoms with Crippen LogP contribution >= 0.6 is 49.9 Å². The Kier molecular flexibility index (Phi) is 4.05. The Hall–Kier alpha value is 0.0900. The molecular formula is C12H11BrINS. The van der Waals surface area contributed by atoms with Crippen molar-refractivity contribution in [3.05, 3.63) is 53.7 Å². The Morgan fingerprint density at radius 1 is 1.38 bits per heavy atom. The summed E-state index contributed by atoms with van der Waals surface area (Å²) in [6.07, 6.45) is 0. The van der Waals surface area contributed by atoms with Crippen LogP contribution in [-0.4, -0.2) is 0 Å². The van der Waals surface area contributed by atoms with E-state index in [1.54, 1.807) is 11.3 Å². The van der Waals surface area contributed by atoms with Gasteiger partial charge in [-0.1, -0.05) is 12.1 Å². The van der Waals surface area contributed by atoms with E-state index < -0.39 is 0 Å². The molecule has 0 bridgehead atoms. The first kappa shape index (κ1) is 12.5. The molecule has 0 aliphatic rings. The first-order valence-electron chi connectivity index (χ1n) is 4.85. The van der Waals surface area contributed by atoms with Gasteiger partial charge in [-0.15, -0.1) is 11.3 Å². The van der Waals surface area contributed by atoms with Crippen LogP contribution in [0.1, 0.15) is 21.4 Å². The minimum absolute atomic E-state index is 0.0234. The maximum absolute atomic E-state index is 6.25. The van der Waals surface area contributed by atoms with Crippen molar-refractivity contribution in [3.8, 4) is 0 Å². The molecule has 1 nitrogen and oxygen atoms in total. The molecule has 0 amide bonds. The van der Waals surface area contributed by atoms with Crippen molar-refractivity contribution in [3.63, 3.8) is 0 Å². The topological polar surface area (TPSA) is 26.0 Å². The van der Waals surface area contributed by atoms with E-state index >= 15 is 0 Å². The maximum atomic E-state index is 6.25. The molecule has 1 atom stereocenters. The zero-order valence-corrected chi connectivity index (χ0v) is 13.3. The summed E-state index contributed by atoms with van der Waals surface area (Å²) in [4.78, 5) is 2.47. The second-order valence-electron chi connectivity index (χ2n) is 3.59. The van der Waals surface area contributed by atoms with Crippen LogP contribution in [0, 0.1) is 10.5 Å². The van der Waals surface area contributed by atoms with E-state index in [1.807, 2.05) is 6.07 Å². The molecule has 4 heteroatoms. The predicted molar refractivity (Wildman–Crippen MR) is 81.9 cm³/mol. The minimum atomic E-state index is -0.0234. The number of rotatable bonds is 2. The number of benzene rings is 1. The Bertz CT molecular complexity index is 490. The van der Waals surface area contributed by atoms with Crippen LogP contribution in [0.5, 0.6) is 0 Å². The van der Waals surface area contributed by atoms with Crippen LogP contribution in [0.4, 0.5) is 0 Å². The summed E-state index contributed by atoms with van der Waals surface area (Å²) in [6, 6.07) is 10.4. The fraction of sp³-hybridized carbons (Fsp3) is 0.167. The summed E-state index contributed by atoms with van der Waals surface area (Å²) in [6.45, 7) is 2.10. The van der Waals surface area contributed by atoms with Crippen LogP contribution in [0.2, 0.25) is 0 Å². The maximum Gasteiger partial charge on any atom is 0.0646 e. The predicted octanol–water partition coefficient (Wildman–Crippen LogP) is 4.47. The molecular weight excluding hydrogens is 397 g/mol. The normalized spacial score (nSPS) is 12.8. The van der Waals surface area contributed by atoms with Gasteiger partial charge in [-0.3, -0.25) is 0 Å². The van der Waals surface area contributed by atoms with Crippen LogP contribution in [0.25, 0.3) is 0 Å². The van der Waals surface area contributed by atoms with Crippen LogP contribution in [0.15, 0.2) is 34.8 Å². The third-order valence-corrected chi connectivity index (χ3v) is 5.28. The Morgan fingerprint density at radius 3 is 2.69 bits per heavy atom. The van der Waals surface area contributed by atoms with Crippen molar-refractivity contribution in [1.82, 2.24) is 0 Å². The van der Waals surface area contributed by atoms with Crippen molar-refractivity contribution < 1.29 is 0 Å². The molecule has 1 aromatic heterocycles. The van der Waals surface area contributed by atoms with E-state index in [0.717, 1.165) is 4.47 Å². The lowest BCUT2D eigenvalue weighted by Gasteiger charge is -2.10. The van der Waals surface area contributed by atoms with E-state index in [0.29, 0.717) is 0 Å². The van der Waals surface area contributed by atoms with E-state index in [-0.39, 0.29) is 6.04 Å². The third-order valence-electron chi connectivity index (χ3n) is 2.39. The van der Waals surface area contributed by atoms with E-state index in [2.05, 4.69) is 69.7 Å². The van der Waals surface area contributed by atoms with Gasteiger partial charge in [0.05, 0.1) is 6.04 Å². The number of aryl methyl sites for hydroxylation is 1. The molecule has 2 aromatic rings. The highest BCUT2D eigenvalue weighted by molar-refractivity contribution is 14.1. The highest BCUT2D eigenvalue weighted by atomic mass is 127. The zero-order chi connectivity index (χ0) is 11.7. The van der Waals surface area contributed by atoms with Crippen LogP contribution in [0.3, 0.4) is 0 Å². The molecule has 2 N–H and O–H groups in total. The van der Waals surface area contributed by atoms with E-state index in [1.165, 1.54) is 18.9 Å². The lowest BCUT2D eigenvalue weighted by Crippen LogP contribution is -2.10. The van der Waals surface area contributed by atoms with Gasteiger partial charge in [0.1, 0.15) is 0 Å². The van der Waals surface area contributed by atoms with Crippen molar-refractivity contribution in [2.75, 3.05) is 0 Å². The van der Waals surface area contributed by atoms with E-state index in [9.17, 15) is 0 Å². The van der Waals surface area contributed by atoms with Gasteiger partial charge in [0, 0.05) is 17.8 Å². The van der Waals surface area contributed by atoms with Gasteiger partial charge in [0.25, 0.3) is 0 Å². The van der Waals surface area contributed by atoms with Gasteiger partial charge >= 0.3 is 0 Å². The molecule has 0 aliphatic heterocycles. The van der Waals surface area contributed by atoms with Crippen molar-refractivity contribution in [1.29, 1.82) is 0 Å². The van der Waals surface area contributed by atoms with Crippen LogP contribution in [-0.2, 0) is 0 Å². The molecule has 0 radical (unpaired) electrons. The summed E-state index contributed by atoms with van der Waals surface area (Å²) in [7, 11) is 0. The Balaban J connectivity index is 2.35. The number of hydrogen-bond donors (Lipinski definition) is 1. The fourth-order valence-corrected chi connectivity index (χ4v) is 3.66. The van der Waals surface area contributed by atoms with Gasteiger partial charge in [0.2, 0.25) is 0 Å². The summed E-state index contributed by atoms with van der Waals surface area (Å²) in [5.74, 6) is 0. The summed E-state index contributed by atoms with van der Waals surface area (Å²) in [5.41, 5.74) is 7.42. The Labute approximate surface area is 121 Å². The molecule has 84 valence electrons. The third kappa shape index (κ3) is 2.67. The number of thiophene rings is 1. The SMILES string of the molecule is Cc1sc(C(N)c2cccc(I)c2)cc1Br. The average molecular weight is 408 g/mol. The first-order chi connectivity index (χ1) is 7.58. The summed E-state index contributed by atoms with van der Waals surface area (Å²) < 4.78 is 2.37. The molecule has 1 unspecified atom stereocenters. The molecule has 0 saturated carbocycles. The first-order valence-corrected chi connectivity index (χ1v) is 7.53. The van der Waals surface area contributed by atoms with Crippen molar-refractivity contribution in [2.24, 2.45) is 5.73 Å². The minimum Gasteiger partial charge on any atom is -0.320 e. The van der Waals surface area contributed by atoms with Crippen molar-refractivity contribution >= 4 is 49.9 Å². The molecule has 0 saturated heterocycles. The smallest absolute Gasteiger partial charge is 0.0646 e. The molecule has 1 heterocycles. The zero-order valence-electron chi connectivity index (χ0n) is 8.71. The molecule has 0 spiro atoms. The molecule has 0 fully saturated rings. The van der Waals surface area contributed by atoms with Crippen LogP contribution < -0.4 is 5.73 Å². The van der Waals surface area contributed by atoms with Gasteiger partial charge in [-0.2, -0.15) is 0 Å². The Morgan fingerprint density at radius 2 is 2.12 bits per heavy atom. The number of nitrogens with two attached hydrogens (primary N) is 1. The van der Waals surface area contributed by atoms with E-state index in [4.69, 9.17) is 5.73 Å². The highest BCUT2D eigenvalue weighted by Gasteiger charge is 2.13. The lowest BCUT2D eigenvalue weighted by molar-refractivity contribution is 0.892. The molecule has 1 aromatic carbocycles. The second-order valence-corrected chi connectivity index (χ2v) is 6.97. The molecule has 0 aliphatic carbocycles. The monoisotopic (exact) mass is 407 g/mol.